The summed E-state index contributed by atoms with van der Waals surface area (Å²) in [6, 6.07) is 12.5. The minimum absolute atomic E-state index is 0.743. The Kier molecular flexibility index (Phi) is 8.33. The van der Waals surface area contributed by atoms with Crippen LogP contribution >= 0.6 is 11.8 Å². The molecule has 6 heteroatoms. The normalized spacial score (nSPS) is 11.2. The third-order valence-electron chi connectivity index (χ3n) is 4.27. The van der Waals surface area contributed by atoms with Gasteiger partial charge in [-0.25, -0.2) is 0 Å². The van der Waals surface area contributed by atoms with E-state index in [0.717, 1.165) is 37.0 Å². The van der Waals surface area contributed by atoms with Gasteiger partial charge in [-0.2, -0.15) is 0 Å². The van der Waals surface area contributed by atoms with Crippen molar-refractivity contribution in [1.29, 1.82) is 0 Å². The van der Waals surface area contributed by atoms with Crippen LogP contribution in [0.4, 0.5) is 0 Å². The molecule has 0 atom stereocenters. The molecule has 0 aliphatic heterocycles. The fraction of sp³-hybridized carbons (Fsp3) is 0.381. The Hall–Kier alpha value is -2.34. The number of benzene rings is 2. The maximum Gasteiger partial charge on any atom is 0.191 e. The third kappa shape index (κ3) is 6.10. The van der Waals surface area contributed by atoms with Gasteiger partial charge in [0, 0.05) is 25.0 Å². The summed E-state index contributed by atoms with van der Waals surface area (Å²) >= 11 is 1.77. The van der Waals surface area contributed by atoms with Crippen molar-refractivity contribution in [2.24, 2.45) is 4.99 Å². The number of aryl methyl sites for hydroxylation is 1. The molecule has 146 valence electrons. The van der Waals surface area contributed by atoms with Crippen LogP contribution in [-0.4, -0.2) is 40.0 Å². The van der Waals surface area contributed by atoms with E-state index < -0.39 is 0 Å². The maximum absolute atomic E-state index is 5.36. The lowest BCUT2D eigenvalue weighted by atomic mass is 10.1. The van der Waals surface area contributed by atoms with Crippen molar-refractivity contribution in [3.63, 3.8) is 0 Å². The maximum atomic E-state index is 5.36. The van der Waals surface area contributed by atoms with E-state index in [1.807, 2.05) is 12.1 Å². The summed E-state index contributed by atoms with van der Waals surface area (Å²) in [5.41, 5.74) is 3.73. The topological polar surface area (TPSA) is 54.9 Å². The van der Waals surface area contributed by atoms with Crippen molar-refractivity contribution in [3.8, 4) is 11.5 Å². The third-order valence-corrected chi connectivity index (χ3v) is 5.09. The Bertz CT molecular complexity index is 778. The van der Waals surface area contributed by atoms with E-state index in [2.05, 4.69) is 53.1 Å². The highest BCUT2D eigenvalue weighted by Crippen LogP contribution is 2.27. The quantitative estimate of drug-likeness (QED) is 0.411. The van der Waals surface area contributed by atoms with E-state index in [4.69, 9.17) is 9.47 Å². The van der Waals surface area contributed by atoms with Crippen LogP contribution in [0.15, 0.2) is 46.3 Å². The molecule has 27 heavy (non-hydrogen) atoms. The molecule has 0 heterocycles. The average molecular weight is 388 g/mol. The lowest BCUT2D eigenvalue weighted by Crippen LogP contribution is -2.37. The Labute approximate surface area is 166 Å². The first-order valence-corrected chi connectivity index (χ1v) is 10.1. The predicted octanol–water partition coefficient (Wildman–Crippen LogP) is 3.64. The Balaban J connectivity index is 1.87. The number of ether oxygens (including phenoxy) is 2. The van der Waals surface area contributed by atoms with Gasteiger partial charge >= 0.3 is 0 Å². The molecule has 0 aliphatic rings. The van der Waals surface area contributed by atoms with Gasteiger partial charge in [0.25, 0.3) is 0 Å². The molecule has 0 radical (unpaired) electrons. The number of aliphatic imine (C=N–C) groups is 1. The molecule has 0 saturated heterocycles. The van der Waals surface area contributed by atoms with Crippen LogP contribution in [0.3, 0.4) is 0 Å². The van der Waals surface area contributed by atoms with E-state index >= 15 is 0 Å². The number of methoxy groups -OCH3 is 2. The van der Waals surface area contributed by atoms with Crippen LogP contribution in [-0.2, 0) is 13.0 Å². The van der Waals surface area contributed by atoms with E-state index in [-0.39, 0.29) is 0 Å². The largest absolute Gasteiger partial charge is 0.493 e. The zero-order valence-electron chi connectivity index (χ0n) is 16.8. The summed E-state index contributed by atoms with van der Waals surface area (Å²) < 4.78 is 10.6. The summed E-state index contributed by atoms with van der Waals surface area (Å²) in [5, 5.41) is 6.75. The second-order valence-corrected chi connectivity index (χ2v) is 6.96. The molecule has 5 nitrogen and oxygen atoms in total. The van der Waals surface area contributed by atoms with Crippen molar-refractivity contribution in [2.45, 2.75) is 24.8 Å². The molecule has 2 rings (SSSR count). The highest BCUT2D eigenvalue weighted by molar-refractivity contribution is 7.98. The van der Waals surface area contributed by atoms with Crippen molar-refractivity contribution in [2.75, 3.05) is 34.1 Å². The molecule has 2 aromatic rings. The molecule has 0 bridgehead atoms. The van der Waals surface area contributed by atoms with Crippen molar-refractivity contribution in [1.82, 2.24) is 10.6 Å². The molecule has 0 saturated carbocycles. The van der Waals surface area contributed by atoms with Gasteiger partial charge in [-0.05, 0) is 54.5 Å². The molecular formula is C21H29N3O2S. The van der Waals surface area contributed by atoms with Gasteiger partial charge in [-0.3, -0.25) is 4.99 Å². The van der Waals surface area contributed by atoms with Crippen LogP contribution in [0.5, 0.6) is 11.5 Å². The summed E-state index contributed by atoms with van der Waals surface area (Å²) in [4.78, 5) is 5.61. The fourth-order valence-corrected chi connectivity index (χ4v) is 3.46. The van der Waals surface area contributed by atoms with Crippen molar-refractivity contribution in [3.05, 3.63) is 53.1 Å². The van der Waals surface area contributed by atoms with Gasteiger partial charge in [0.05, 0.1) is 14.2 Å². The van der Waals surface area contributed by atoms with Gasteiger partial charge < -0.3 is 20.1 Å². The number of hydrogen-bond donors (Lipinski definition) is 2. The predicted molar refractivity (Wildman–Crippen MR) is 114 cm³/mol. The zero-order chi connectivity index (χ0) is 19.6. The van der Waals surface area contributed by atoms with Gasteiger partial charge in [0.15, 0.2) is 17.5 Å². The van der Waals surface area contributed by atoms with Gasteiger partial charge in [0.1, 0.15) is 0 Å². The standard InChI is InChI=1S/C21H29N3O2S/c1-15-6-8-17(20(12-15)27-5)14-24-21(22-2)23-11-10-16-7-9-18(25-3)19(13-16)26-4/h6-9,12-13H,10-11,14H2,1-5H3,(H2,22,23,24). The average Bonchev–Trinajstić information content (AvgIpc) is 2.70. The van der Waals surface area contributed by atoms with Crippen LogP contribution in [0.2, 0.25) is 0 Å². The summed E-state index contributed by atoms with van der Waals surface area (Å²) in [6.07, 6.45) is 2.97. The number of hydrogen-bond acceptors (Lipinski definition) is 4. The summed E-state index contributed by atoms with van der Waals surface area (Å²) in [6.45, 7) is 3.64. The number of rotatable bonds is 8. The SMILES string of the molecule is CN=C(NCCc1ccc(OC)c(OC)c1)NCc1ccc(C)cc1SC. The number of nitrogens with zero attached hydrogens (tertiary/aromatic N) is 1. The van der Waals surface area contributed by atoms with Crippen molar-refractivity contribution >= 4 is 17.7 Å². The fourth-order valence-electron chi connectivity index (χ4n) is 2.76. The second-order valence-electron chi connectivity index (χ2n) is 6.11. The molecular weight excluding hydrogens is 358 g/mol. The molecule has 2 N–H and O–H groups in total. The Morgan fingerprint density at radius 1 is 1.04 bits per heavy atom. The van der Waals surface area contributed by atoms with Crippen LogP contribution in [0.25, 0.3) is 0 Å². The first-order chi connectivity index (χ1) is 13.1. The van der Waals surface area contributed by atoms with Gasteiger partial charge in [0.2, 0.25) is 0 Å². The lowest BCUT2D eigenvalue weighted by Gasteiger charge is -2.14. The van der Waals surface area contributed by atoms with Gasteiger partial charge in [-0.1, -0.05) is 18.2 Å². The highest BCUT2D eigenvalue weighted by atomic mass is 32.2. The minimum Gasteiger partial charge on any atom is -0.493 e. The minimum atomic E-state index is 0.743. The summed E-state index contributed by atoms with van der Waals surface area (Å²) in [5.74, 6) is 2.29. The van der Waals surface area contributed by atoms with Crippen LogP contribution in [0.1, 0.15) is 16.7 Å². The first kappa shape index (κ1) is 21.0. The van der Waals surface area contributed by atoms with Crippen molar-refractivity contribution < 1.29 is 9.47 Å². The number of guanidine groups is 1. The van der Waals surface area contributed by atoms with Gasteiger partial charge in [-0.15, -0.1) is 11.8 Å². The zero-order valence-corrected chi connectivity index (χ0v) is 17.6. The number of nitrogens with one attached hydrogen (secondary N) is 2. The number of thioether (sulfide) groups is 1. The highest BCUT2D eigenvalue weighted by Gasteiger charge is 2.06. The molecule has 0 aromatic heterocycles. The molecule has 2 aromatic carbocycles. The monoisotopic (exact) mass is 387 g/mol. The first-order valence-electron chi connectivity index (χ1n) is 8.90. The Morgan fingerprint density at radius 3 is 2.48 bits per heavy atom. The van der Waals surface area contributed by atoms with E-state index in [9.17, 15) is 0 Å². The molecule has 0 unspecified atom stereocenters. The molecule has 0 fully saturated rings. The molecule has 0 spiro atoms. The van der Waals surface area contributed by atoms with Crippen LogP contribution < -0.4 is 20.1 Å². The Morgan fingerprint density at radius 2 is 1.81 bits per heavy atom. The lowest BCUT2D eigenvalue weighted by molar-refractivity contribution is 0.354. The van der Waals surface area contributed by atoms with E-state index in [1.54, 1.807) is 33.0 Å². The molecule has 0 aliphatic carbocycles. The van der Waals surface area contributed by atoms with E-state index in [0.29, 0.717) is 0 Å². The summed E-state index contributed by atoms with van der Waals surface area (Å²) in [7, 11) is 5.08. The van der Waals surface area contributed by atoms with Crippen LogP contribution in [0, 0.1) is 6.92 Å². The second kappa shape index (κ2) is 10.7. The smallest absolute Gasteiger partial charge is 0.191 e. The molecule has 0 amide bonds. The van der Waals surface area contributed by atoms with E-state index in [1.165, 1.54) is 21.6 Å².